The summed E-state index contributed by atoms with van der Waals surface area (Å²) in [4.78, 5) is 10.7. The zero-order chi connectivity index (χ0) is 13.0. The van der Waals surface area contributed by atoms with Crippen LogP contribution in [-0.2, 0) is 4.79 Å². The van der Waals surface area contributed by atoms with Gasteiger partial charge >= 0.3 is 0 Å². The van der Waals surface area contributed by atoms with Crippen molar-refractivity contribution in [3.8, 4) is 0 Å². The maximum absolute atomic E-state index is 10.7. The molecule has 0 aliphatic rings. The van der Waals surface area contributed by atoms with Crippen LogP contribution in [0.2, 0.25) is 0 Å². The van der Waals surface area contributed by atoms with Crippen LogP contribution in [0.1, 0.15) is 29.7 Å². The van der Waals surface area contributed by atoms with Gasteiger partial charge in [0.1, 0.15) is 6.10 Å². The van der Waals surface area contributed by atoms with Gasteiger partial charge in [-0.05, 0) is 31.9 Å². The third-order valence-corrected chi connectivity index (χ3v) is 2.85. The molecule has 0 aliphatic carbocycles. The molecule has 17 heavy (non-hydrogen) atoms. The number of aliphatic hydroxyl groups excluding tert-OH is 1. The molecule has 1 aromatic rings. The third kappa shape index (κ3) is 3.84. The molecular formula is C13H20N2O2. The van der Waals surface area contributed by atoms with Crippen molar-refractivity contribution >= 4 is 5.91 Å². The van der Waals surface area contributed by atoms with Gasteiger partial charge in [-0.2, -0.15) is 0 Å². The summed E-state index contributed by atoms with van der Waals surface area (Å²) in [7, 11) is 0. The SMILES string of the molecule is Cc1ccc(C)c(C(C)NCC(O)C(N)=O)c1. The van der Waals surface area contributed by atoms with Gasteiger partial charge in [-0.1, -0.05) is 23.8 Å². The number of rotatable bonds is 5. The van der Waals surface area contributed by atoms with Gasteiger partial charge in [0.05, 0.1) is 0 Å². The van der Waals surface area contributed by atoms with E-state index < -0.39 is 12.0 Å². The van der Waals surface area contributed by atoms with Gasteiger partial charge in [-0.3, -0.25) is 4.79 Å². The van der Waals surface area contributed by atoms with Crippen molar-refractivity contribution in [2.24, 2.45) is 5.73 Å². The molecule has 0 fully saturated rings. The van der Waals surface area contributed by atoms with Gasteiger partial charge in [0, 0.05) is 12.6 Å². The summed E-state index contributed by atoms with van der Waals surface area (Å²) in [5, 5.41) is 12.4. The fourth-order valence-corrected chi connectivity index (χ4v) is 1.73. The number of hydrogen-bond donors (Lipinski definition) is 3. The number of nitrogens with one attached hydrogen (secondary N) is 1. The van der Waals surface area contributed by atoms with Crippen molar-refractivity contribution in [3.63, 3.8) is 0 Å². The van der Waals surface area contributed by atoms with Gasteiger partial charge < -0.3 is 16.2 Å². The first-order chi connectivity index (χ1) is 7.91. The highest BCUT2D eigenvalue weighted by Gasteiger charge is 2.13. The Bertz CT molecular complexity index is 404. The zero-order valence-corrected chi connectivity index (χ0v) is 10.5. The van der Waals surface area contributed by atoms with Crippen LogP contribution >= 0.6 is 0 Å². The highest BCUT2D eigenvalue weighted by atomic mass is 16.3. The molecule has 1 amide bonds. The average molecular weight is 236 g/mol. The number of primary amides is 1. The first-order valence-corrected chi connectivity index (χ1v) is 5.69. The number of aryl methyl sites for hydroxylation is 2. The summed E-state index contributed by atoms with van der Waals surface area (Å²) in [5.74, 6) is -0.703. The van der Waals surface area contributed by atoms with Gasteiger partial charge in [-0.25, -0.2) is 0 Å². The Kier molecular flexibility index (Phi) is 4.66. The Morgan fingerprint density at radius 1 is 1.47 bits per heavy atom. The average Bonchev–Trinajstić information content (AvgIpc) is 2.28. The van der Waals surface area contributed by atoms with Crippen molar-refractivity contribution in [1.29, 1.82) is 0 Å². The van der Waals surface area contributed by atoms with Crippen LogP contribution in [0.15, 0.2) is 18.2 Å². The summed E-state index contributed by atoms with van der Waals surface area (Å²) in [6.07, 6.45) is -1.14. The third-order valence-electron chi connectivity index (χ3n) is 2.85. The fraction of sp³-hybridized carbons (Fsp3) is 0.462. The van der Waals surface area contributed by atoms with Crippen molar-refractivity contribution in [2.45, 2.75) is 32.9 Å². The lowest BCUT2D eigenvalue weighted by atomic mass is 10.00. The Balaban J connectivity index is 2.66. The van der Waals surface area contributed by atoms with Crippen molar-refractivity contribution in [2.75, 3.05) is 6.54 Å². The molecule has 1 rings (SSSR count). The Hall–Kier alpha value is -1.39. The van der Waals surface area contributed by atoms with E-state index in [1.807, 2.05) is 20.8 Å². The molecule has 4 N–H and O–H groups in total. The van der Waals surface area contributed by atoms with Gasteiger partial charge in [0.15, 0.2) is 0 Å². The lowest BCUT2D eigenvalue weighted by Gasteiger charge is -2.18. The number of aliphatic hydroxyl groups is 1. The van der Waals surface area contributed by atoms with Crippen molar-refractivity contribution < 1.29 is 9.90 Å². The highest BCUT2D eigenvalue weighted by Crippen LogP contribution is 2.18. The summed E-state index contributed by atoms with van der Waals surface area (Å²) in [5.41, 5.74) is 8.53. The molecule has 0 aliphatic heterocycles. The van der Waals surface area contributed by atoms with Crippen LogP contribution in [0.5, 0.6) is 0 Å². The topological polar surface area (TPSA) is 75.3 Å². The maximum Gasteiger partial charge on any atom is 0.247 e. The van der Waals surface area contributed by atoms with Gasteiger partial charge in [-0.15, -0.1) is 0 Å². The van der Waals surface area contributed by atoms with Gasteiger partial charge in [0.25, 0.3) is 0 Å². The molecule has 0 radical (unpaired) electrons. The summed E-state index contributed by atoms with van der Waals surface area (Å²) in [6.45, 7) is 6.24. The number of hydrogen-bond acceptors (Lipinski definition) is 3. The molecule has 2 atom stereocenters. The molecule has 0 spiro atoms. The molecule has 4 heteroatoms. The second-order valence-corrected chi connectivity index (χ2v) is 4.41. The van der Waals surface area contributed by atoms with E-state index in [1.165, 1.54) is 16.7 Å². The van der Waals surface area contributed by atoms with Crippen LogP contribution in [0.4, 0.5) is 0 Å². The lowest BCUT2D eigenvalue weighted by Crippen LogP contribution is -2.38. The first-order valence-electron chi connectivity index (χ1n) is 5.69. The first kappa shape index (κ1) is 13.7. The maximum atomic E-state index is 10.7. The largest absolute Gasteiger partial charge is 0.382 e. The van der Waals surface area contributed by atoms with Crippen LogP contribution in [0, 0.1) is 13.8 Å². The van der Waals surface area contributed by atoms with Crippen molar-refractivity contribution in [1.82, 2.24) is 5.32 Å². The van der Waals surface area contributed by atoms with E-state index in [0.717, 1.165) is 0 Å². The van der Waals surface area contributed by atoms with Crippen molar-refractivity contribution in [3.05, 3.63) is 34.9 Å². The minimum atomic E-state index is -1.14. The normalized spacial score (nSPS) is 14.4. The zero-order valence-electron chi connectivity index (χ0n) is 10.5. The molecule has 94 valence electrons. The van der Waals surface area contributed by atoms with Crippen LogP contribution in [0.25, 0.3) is 0 Å². The van der Waals surface area contributed by atoms with Crippen LogP contribution in [0.3, 0.4) is 0 Å². The molecular weight excluding hydrogens is 216 g/mol. The quantitative estimate of drug-likeness (QED) is 0.708. The summed E-state index contributed by atoms with van der Waals surface area (Å²) >= 11 is 0. The Morgan fingerprint density at radius 3 is 2.71 bits per heavy atom. The molecule has 0 saturated heterocycles. The highest BCUT2D eigenvalue weighted by molar-refractivity contribution is 5.78. The summed E-state index contributed by atoms with van der Waals surface area (Å²) in [6, 6.07) is 6.30. The molecule has 0 saturated carbocycles. The Labute approximate surface area is 102 Å². The number of carbonyl (C=O) groups is 1. The molecule has 0 aromatic heterocycles. The van der Waals surface area contributed by atoms with Gasteiger partial charge in [0.2, 0.25) is 5.91 Å². The number of benzene rings is 1. The smallest absolute Gasteiger partial charge is 0.247 e. The van der Waals surface area contributed by atoms with Crippen LogP contribution in [-0.4, -0.2) is 23.7 Å². The lowest BCUT2D eigenvalue weighted by molar-refractivity contribution is -0.125. The monoisotopic (exact) mass is 236 g/mol. The van der Waals surface area contributed by atoms with E-state index in [1.54, 1.807) is 0 Å². The fourth-order valence-electron chi connectivity index (χ4n) is 1.73. The van der Waals surface area contributed by atoms with E-state index in [-0.39, 0.29) is 12.6 Å². The second kappa shape index (κ2) is 5.80. The summed E-state index contributed by atoms with van der Waals surface area (Å²) < 4.78 is 0. The molecule has 1 aromatic carbocycles. The predicted octanol–water partition coefficient (Wildman–Crippen LogP) is 0.800. The van der Waals surface area contributed by atoms with E-state index in [4.69, 9.17) is 5.73 Å². The second-order valence-electron chi connectivity index (χ2n) is 4.41. The molecule has 4 nitrogen and oxygen atoms in total. The van der Waals surface area contributed by atoms with E-state index >= 15 is 0 Å². The Morgan fingerprint density at radius 2 is 2.12 bits per heavy atom. The van der Waals surface area contributed by atoms with E-state index in [2.05, 4.69) is 23.5 Å². The molecule has 0 heterocycles. The number of nitrogens with two attached hydrogens (primary N) is 1. The predicted molar refractivity (Wildman–Crippen MR) is 67.5 cm³/mol. The minimum absolute atomic E-state index is 0.0731. The van der Waals surface area contributed by atoms with E-state index in [9.17, 15) is 9.90 Å². The number of carbonyl (C=O) groups excluding carboxylic acids is 1. The minimum Gasteiger partial charge on any atom is -0.382 e. The standard InChI is InChI=1S/C13H20N2O2/c1-8-4-5-9(2)11(6-8)10(3)15-7-12(16)13(14)17/h4-6,10,12,15-16H,7H2,1-3H3,(H2,14,17). The molecule has 0 bridgehead atoms. The van der Waals surface area contributed by atoms with Crippen LogP contribution < -0.4 is 11.1 Å². The number of amides is 1. The molecule has 2 unspecified atom stereocenters. The van der Waals surface area contributed by atoms with E-state index in [0.29, 0.717) is 0 Å².